The van der Waals surface area contributed by atoms with Crippen LogP contribution in [0.5, 0.6) is 0 Å². The van der Waals surface area contributed by atoms with E-state index in [2.05, 4.69) is 51.8 Å². The minimum atomic E-state index is -3.53. The Bertz CT molecular complexity index is 2630. The Labute approximate surface area is 330 Å². The molecule has 7 heteroatoms. The molecule has 1 radical (unpaired) electrons. The second-order valence-corrected chi connectivity index (χ2v) is 18.1. The molecule has 5 heterocycles. The van der Waals surface area contributed by atoms with Crippen LogP contribution in [-0.4, -0.2) is 28.0 Å². The number of furan rings is 1. The Hall–Kier alpha value is -3.51. The smallest absolute Gasteiger partial charge is 0.216 e. The number of pyridine rings is 4. The maximum Gasteiger partial charge on any atom is 0.216 e. The zero-order chi connectivity index (χ0) is 48.3. The molecule has 5 aromatic heterocycles. The summed E-state index contributed by atoms with van der Waals surface area (Å²) in [6, 6.07) is 17.5. The SMILES string of the molecule is [2H]C([2H])([2H])c1ccc2c(n1)oc1c(-c3cc(C(C([2H])([2H])[2H])(C([2H])([2H])[2H])C([2H])([2H])[2H])ccn3)[c-]nc(C([2H])([2H])[2H])c12.[2H]C([2H])(c1cc(-c2[c-]cccc2)ncc1[Si](C)(C)C)C1CCCCC1.[Ir]. The molecule has 1 aliphatic rings. The number of benzene rings is 1. The van der Waals surface area contributed by atoms with Crippen LogP contribution in [0.3, 0.4) is 0 Å². The van der Waals surface area contributed by atoms with Gasteiger partial charge < -0.3 is 19.4 Å². The second kappa shape index (κ2) is 15.2. The normalized spacial score (nSPS) is 20.7. The van der Waals surface area contributed by atoms with Crippen LogP contribution < -0.4 is 5.19 Å². The standard InChI is InChI=1S/C21H20N3O.C21H28NSi.Ir/c1-12-6-7-15-18-13(2)23-11-16(19(18)25-20(15)24-12)17-10-14(8-9-22-17)21(3,4)5;1-23(2,3)21-16-22-20(18-12-8-5-9-13-18)15-19(21)14-17-10-6-4-7-11-17;/h6-10H,1-5H3;5,8-9,12,15-17H,4,6-7,10-11,14H2,1-3H3;/q2*-1;/i1D3,2D3,3D3,4D3,5D3;14D2;. The van der Waals surface area contributed by atoms with Gasteiger partial charge in [-0.1, -0.05) is 102 Å². The van der Waals surface area contributed by atoms with Crippen LogP contribution in [0.1, 0.15) is 98.5 Å². The third-order valence-corrected chi connectivity index (χ3v) is 10.4. The molecule has 6 aromatic rings. The molecule has 0 amide bonds. The summed E-state index contributed by atoms with van der Waals surface area (Å²) < 4.78 is 142. The Morgan fingerprint density at radius 2 is 1.82 bits per heavy atom. The first-order valence-corrected chi connectivity index (χ1v) is 19.4. The van der Waals surface area contributed by atoms with E-state index in [0.29, 0.717) is 0 Å². The molecule has 5 nitrogen and oxygen atoms in total. The molecule has 0 atom stereocenters. The number of rotatable bonds is 5. The van der Waals surface area contributed by atoms with Crippen molar-refractivity contribution in [2.24, 2.45) is 5.92 Å². The molecule has 49 heavy (non-hydrogen) atoms. The van der Waals surface area contributed by atoms with Crippen molar-refractivity contribution in [3.63, 3.8) is 0 Å². The molecule has 1 aliphatic carbocycles. The van der Waals surface area contributed by atoms with Crippen molar-refractivity contribution >= 4 is 35.3 Å². The van der Waals surface area contributed by atoms with E-state index in [-0.39, 0.29) is 65.0 Å². The maximum absolute atomic E-state index is 8.99. The molecule has 1 saturated carbocycles. The van der Waals surface area contributed by atoms with E-state index in [1.165, 1.54) is 18.6 Å². The van der Waals surface area contributed by atoms with Gasteiger partial charge in [0, 0.05) is 66.9 Å². The zero-order valence-corrected chi connectivity index (χ0v) is 30.9. The van der Waals surface area contributed by atoms with Gasteiger partial charge in [0.05, 0.1) is 13.7 Å². The molecule has 0 aliphatic heterocycles. The summed E-state index contributed by atoms with van der Waals surface area (Å²) in [5.41, 5.74) is -2.88. The quantitative estimate of drug-likeness (QED) is 0.128. The number of hydrogen-bond donors (Lipinski definition) is 0. The topological polar surface area (TPSA) is 64.7 Å². The molecular weight excluding hydrogens is 797 g/mol. The largest absolute Gasteiger partial charge is 0.486 e. The molecule has 0 N–H and O–H groups in total. The van der Waals surface area contributed by atoms with Crippen molar-refractivity contribution in [2.45, 2.75) is 97.8 Å². The molecule has 0 unspecified atom stereocenters. The van der Waals surface area contributed by atoms with Crippen LogP contribution >= 0.6 is 0 Å². The van der Waals surface area contributed by atoms with Crippen molar-refractivity contribution in [1.82, 2.24) is 19.9 Å². The molecule has 1 aromatic carbocycles. The second-order valence-electron chi connectivity index (χ2n) is 13.1. The van der Waals surface area contributed by atoms with Gasteiger partial charge in [0.1, 0.15) is 0 Å². The van der Waals surface area contributed by atoms with Crippen molar-refractivity contribution in [2.75, 3.05) is 0 Å². The number of aryl methyl sites for hydroxylation is 2. The van der Waals surface area contributed by atoms with E-state index >= 15 is 0 Å². The summed E-state index contributed by atoms with van der Waals surface area (Å²) in [6.07, 6.45) is 9.67. The van der Waals surface area contributed by atoms with Gasteiger partial charge >= 0.3 is 0 Å². The van der Waals surface area contributed by atoms with E-state index in [0.717, 1.165) is 66.0 Å². The third-order valence-electron chi connectivity index (χ3n) is 8.41. The summed E-state index contributed by atoms with van der Waals surface area (Å²) in [5.74, 6) is 0.117. The summed E-state index contributed by atoms with van der Waals surface area (Å²) in [4.78, 5) is 16.7. The first-order chi connectivity index (χ1) is 29.8. The van der Waals surface area contributed by atoms with Crippen LogP contribution in [-0.2, 0) is 31.9 Å². The van der Waals surface area contributed by atoms with Crippen LogP contribution in [0.25, 0.3) is 44.6 Å². The van der Waals surface area contributed by atoms with E-state index in [9.17, 15) is 0 Å². The summed E-state index contributed by atoms with van der Waals surface area (Å²) in [5, 5.41) is 1.19. The van der Waals surface area contributed by atoms with Gasteiger partial charge in [-0.3, -0.25) is 0 Å². The summed E-state index contributed by atoms with van der Waals surface area (Å²) in [7, 11) is -1.69. The van der Waals surface area contributed by atoms with E-state index in [4.69, 9.17) is 27.7 Å². The van der Waals surface area contributed by atoms with Crippen LogP contribution in [0.4, 0.5) is 0 Å². The van der Waals surface area contributed by atoms with Gasteiger partial charge in [-0.15, -0.1) is 35.9 Å². The van der Waals surface area contributed by atoms with Crippen LogP contribution in [0.15, 0.2) is 71.4 Å². The van der Waals surface area contributed by atoms with Gasteiger partial charge in [-0.05, 0) is 82.2 Å². The van der Waals surface area contributed by atoms with Crippen molar-refractivity contribution < 1.29 is 47.8 Å². The van der Waals surface area contributed by atoms with Gasteiger partial charge in [-0.25, -0.2) is 4.98 Å². The van der Waals surface area contributed by atoms with Gasteiger partial charge in [0.2, 0.25) is 5.71 Å². The van der Waals surface area contributed by atoms with E-state index < -0.39 is 65.4 Å². The molecule has 0 bridgehead atoms. The molecular formula is C42H48IrN4OSi-2. The Kier molecular flexibility index (Phi) is 6.30. The zero-order valence-electron chi connectivity index (χ0n) is 44.5. The molecule has 7 rings (SSSR count). The van der Waals surface area contributed by atoms with Gasteiger partial charge in [0.25, 0.3) is 0 Å². The Balaban J connectivity index is 0.000000270. The summed E-state index contributed by atoms with van der Waals surface area (Å²) >= 11 is 0. The molecule has 257 valence electrons. The minimum Gasteiger partial charge on any atom is -0.486 e. The van der Waals surface area contributed by atoms with Gasteiger partial charge in [0.15, 0.2) is 0 Å². The minimum absolute atomic E-state index is 0. The fourth-order valence-corrected chi connectivity index (χ4v) is 7.33. The van der Waals surface area contributed by atoms with Crippen LogP contribution in [0, 0.1) is 31.9 Å². The first kappa shape index (κ1) is 20.4. The molecule has 1 fully saturated rings. The fourth-order valence-electron chi connectivity index (χ4n) is 5.92. The van der Waals surface area contributed by atoms with Crippen LogP contribution in [0.2, 0.25) is 19.6 Å². The van der Waals surface area contributed by atoms with Crippen molar-refractivity contribution in [1.29, 1.82) is 0 Å². The molecule has 0 saturated heterocycles. The average molecular weight is 862 g/mol. The molecule has 0 spiro atoms. The Morgan fingerprint density at radius 1 is 0.980 bits per heavy atom. The fraction of sp³-hybridized carbons (Fsp3) is 0.381. The average Bonchev–Trinajstić information content (AvgIpc) is 3.58. The number of nitrogens with zero attached hydrogens (tertiary/aromatic N) is 4. The number of fused-ring (bicyclic) bond motifs is 3. The van der Waals surface area contributed by atoms with E-state index in [1.807, 2.05) is 36.5 Å². The van der Waals surface area contributed by atoms with E-state index in [1.54, 1.807) is 0 Å². The summed E-state index contributed by atoms with van der Waals surface area (Å²) in [6.45, 7) is -9.14. The first-order valence-electron chi connectivity index (χ1n) is 24.4. The van der Waals surface area contributed by atoms with Gasteiger partial charge in [-0.2, -0.15) is 0 Å². The predicted molar refractivity (Wildman–Crippen MR) is 201 cm³/mol. The number of aromatic nitrogens is 4. The van der Waals surface area contributed by atoms with Crippen molar-refractivity contribution in [3.05, 3.63) is 102 Å². The monoisotopic (exact) mass is 862 g/mol. The Morgan fingerprint density at radius 3 is 2.53 bits per heavy atom. The third kappa shape index (κ3) is 8.45. The van der Waals surface area contributed by atoms with Crippen molar-refractivity contribution in [3.8, 4) is 22.5 Å². The number of hydrogen-bond acceptors (Lipinski definition) is 5. The predicted octanol–water partition coefficient (Wildman–Crippen LogP) is 10.4. The maximum atomic E-state index is 8.99.